The number of rotatable bonds is 18. The monoisotopic (exact) mass is 964 g/mol. The normalized spacial score (nSPS) is 34.8. The Labute approximate surface area is 403 Å². The van der Waals surface area contributed by atoms with Gasteiger partial charge in [-0.3, -0.25) is 19.2 Å². The third-order valence-corrected chi connectivity index (χ3v) is 13.4. The number of aryl methyl sites for hydroxylation is 1. The van der Waals surface area contributed by atoms with Gasteiger partial charge >= 0.3 is 17.9 Å². The van der Waals surface area contributed by atoms with Crippen molar-refractivity contribution in [1.82, 2.24) is 15.1 Å². The molecule has 3 heterocycles. The molecule has 15 atom stereocenters. The molecule has 1 aromatic carbocycles. The van der Waals surface area contributed by atoms with Crippen LogP contribution in [0.15, 0.2) is 30.3 Å². The van der Waals surface area contributed by atoms with Crippen molar-refractivity contribution in [3.05, 3.63) is 35.9 Å². The highest BCUT2D eigenvalue weighted by molar-refractivity contribution is 5.77. The van der Waals surface area contributed by atoms with Gasteiger partial charge in [0.1, 0.15) is 30.7 Å². The molecule has 3 saturated heterocycles. The Kier molecular flexibility index (Phi) is 23.2. The summed E-state index contributed by atoms with van der Waals surface area (Å²) in [5.74, 6) is -3.05. The average Bonchev–Trinajstić information content (AvgIpc) is 3.28. The fourth-order valence-corrected chi connectivity index (χ4v) is 9.88. The van der Waals surface area contributed by atoms with Crippen molar-refractivity contribution in [1.29, 1.82) is 0 Å². The number of ether oxygens (including phenoxy) is 8. The number of esters is 3. The summed E-state index contributed by atoms with van der Waals surface area (Å²) < 4.78 is 49.7. The highest BCUT2D eigenvalue weighted by Gasteiger charge is 2.54. The van der Waals surface area contributed by atoms with E-state index in [2.05, 4.69) is 22.3 Å². The van der Waals surface area contributed by atoms with Gasteiger partial charge in [-0.2, -0.15) is 0 Å². The fourth-order valence-electron chi connectivity index (χ4n) is 9.88. The number of carbonyl (C=O) groups excluding carboxylic acids is 5. The maximum atomic E-state index is 13.7. The SMILES string of the molecule is CCC(=O)O[C@@H]1CC(=O)NCCCN(CCCCc2ccccc2)C[C@H](O)[C@H](C)C[C@H](CC=O)[C@H](O[C@@H]2OC(C)[C@H](O[C@H]3CC(C)(OC(C)=O)[C@@H](OC(=O)CC)C(C)O3)C(N(C)C)C2O)[C@H]1OC. The lowest BCUT2D eigenvalue weighted by Gasteiger charge is -2.50. The molecule has 0 saturated carbocycles. The molecule has 386 valence electrons. The van der Waals surface area contributed by atoms with Crippen LogP contribution < -0.4 is 5.32 Å². The largest absolute Gasteiger partial charge is 0.459 e. The minimum absolute atomic E-state index is 0.00948. The number of nitrogens with one attached hydrogen (secondary N) is 1. The summed E-state index contributed by atoms with van der Waals surface area (Å²) in [7, 11) is 4.93. The minimum Gasteiger partial charge on any atom is -0.459 e. The second-order valence-electron chi connectivity index (χ2n) is 19.2. The number of likely N-dealkylation sites (N-methyl/N-ethyl adjacent to an activating group) is 1. The summed E-state index contributed by atoms with van der Waals surface area (Å²) in [6, 6.07) is 9.50. The number of amides is 1. The van der Waals surface area contributed by atoms with Gasteiger partial charge < -0.3 is 68.0 Å². The number of nitrogens with zero attached hydrogens (tertiary/aromatic N) is 2. The van der Waals surface area contributed by atoms with E-state index in [0.717, 1.165) is 32.1 Å². The number of benzene rings is 1. The van der Waals surface area contributed by atoms with E-state index >= 15 is 0 Å². The Hall–Kier alpha value is -3.59. The summed E-state index contributed by atoms with van der Waals surface area (Å²) in [6.45, 7) is 13.7. The van der Waals surface area contributed by atoms with Gasteiger partial charge in [0.15, 0.2) is 24.3 Å². The van der Waals surface area contributed by atoms with E-state index in [4.69, 9.17) is 37.9 Å². The first-order chi connectivity index (χ1) is 32.3. The van der Waals surface area contributed by atoms with Crippen LogP contribution in [0.25, 0.3) is 0 Å². The van der Waals surface area contributed by atoms with Crippen molar-refractivity contribution in [2.24, 2.45) is 11.8 Å². The van der Waals surface area contributed by atoms with Crippen molar-refractivity contribution in [3.8, 4) is 0 Å². The highest BCUT2D eigenvalue weighted by atomic mass is 16.7. The summed E-state index contributed by atoms with van der Waals surface area (Å²) in [6.07, 6.45) is -7.06. The number of unbranched alkanes of at least 4 members (excludes halogenated alkanes) is 1. The van der Waals surface area contributed by atoms with E-state index in [9.17, 15) is 34.2 Å². The molecule has 3 fully saturated rings. The summed E-state index contributed by atoms with van der Waals surface area (Å²) >= 11 is 0. The molecule has 3 aliphatic rings. The summed E-state index contributed by atoms with van der Waals surface area (Å²) in [5.41, 5.74) is -0.0490. The zero-order valence-corrected chi connectivity index (χ0v) is 42.0. The van der Waals surface area contributed by atoms with Crippen LogP contribution in [0.5, 0.6) is 0 Å². The molecule has 5 unspecified atom stereocenters. The molecule has 18 nitrogen and oxygen atoms in total. The van der Waals surface area contributed by atoms with Crippen LogP contribution in [0.4, 0.5) is 0 Å². The number of aliphatic hydroxyl groups is 2. The van der Waals surface area contributed by atoms with Gasteiger partial charge in [0.25, 0.3) is 0 Å². The molecular formula is C50H81N3O15. The van der Waals surface area contributed by atoms with Gasteiger partial charge in [0.2, 0.25) is 5.91 Å². The van der Waals surface area contributed by atoms with Gasteiger partial charge in [-0.1, -0.05) is 51.1 Å². The number of aliphatic hydroxyl groups excluding tert-OH is 2. The standard InChI is InChI=1S/C50H81N3O15/c1-11-40(58)64-38-28-39(57)51-23-18-25-53(24-17-16-21-35-19-14-13-15-20-35)30-37(56)31(3)27-36(22-26-54)46(47(38)61-10)67-49-44(60)43(52(8)9)45(32(4)63-49)66-42-29-50(7,68-34(6)55)48(33(5)62-42)65-41(59)12-2/h13-15,19-20,26,31-33,36-38,42-49,56,60H,11-12,16-18,21-25,27-30H2,1-10H3,(H,51,57)/t31-,32?,33?,36+,37+,38-,42+,43?,44?,45+,46+,47+,48+,49+,50?/m1/s1. The minimum atomic E-state index is -1.41. The second-order valence-corrected chi connectivity index (χ2v) is 19.2. The Balaban J connectivity index is 1.64. The number of aldehydes is 1. The molecule has 0 spiro atoms. The predicted octanol–water partition coefficient (Wildman–Crippen LogP) is 3.74. The molecule has 1 amide bonds. The third kappa shape index (κ3) is 16.5. The second kappa shape index (κ2) is 27.7. The van der Waals surface area contributed by atoms with Gasteiger partial charge in [-0.15, -0.1) is 0 Å². The first kappa shape index (κ1) is 57.0. The van der Waals surface area contributed by atoms with Crippen LogP contribution in [0.3, 0.4) is 0 Å². The lowest BCUT2D eigenvalue weighted by molar-refractivity contribution is -0.344. The van der Waals surface area contributed by atoms with Crippen LogP contribution in [0, 0.1) is 11.8 Å². The van der Waals surface area contributed by atoms with Gasteiger partial charge in [0, 0.05) is 52.8 Å². The molecule has 0 radical (unpaired) electrons. The number of hydrogen-bond donors (Lipinski definition) is 3. The van der Waals surface area contributed by atoms with Gasteiger partial charge in [-0.05, 0) is 97.5 Å². The lowest BCUT2D eigenvalue weighted by atomic mass is 9.82. The molecule has 1 aromatic rings. The lowest BCUT2D eigenvalue weighted by Crippen LogP contribution is -2.66. The quantitative estimate of drug-likeness (QED) is 0.0827. The van der Waals surface area contributed by atoms with Crippen molar-refractivity contribution in [2.45, 2.75) is 192 Å². The summed E-state index contributed by atoms with van der Waals surface area (Å²) in [4.78, 5) is 68.0. The topological polar surface area (TPSA) is 218 Å². The van der Waals surface area contributed by atoms with E-state index in [1.807, 2.05) is 25.1 Å². The highest BCUT2D eigenvalue weighted by Crippen LogP contribution is 2.39. The molecule has 18 heteroatoms. The van der Waals surface area contributed by atoms with Gasteiger partial charge in [-0.25, -0.2) is 0 Å². The van der Waals surface area contributed by atoms with Gasteiger partial charge in [0.05, 0.1) is 36.9 Å². The fraction of sp³-hybridized carbons (Fsp3) is 0.780. The van der Waals surface area contributed by atoms with Crippen molar-refractivity contribution in [3.63, 3.8) is 0 Å². The first-order valence-electron chi connectivity index (χ1n) is 24.6. The van der Waals surface area contributed by atoms with Crippen molar-refractivity contribution in [2.75, 3.05) is 47.4 Å². The zero-order valence-electron chi connectivity index (χ0n) is 42.0. The molecule has 4 rings (SSSR count). The Morgan fingerprint density at radius 2 is 1.65 bits per heavy atom. The number of methoxy groups -OCH3 is 1. The van der Waals surface area contributed by atoms with E-state index in [1.165, 1.54) is 19.6 Å². The zero-order chi connectivity index (χ0) is 50.1. The summed E-state index contributed by atoms with van der Waals surface area (Å²) in [5, 5.41) is 27.1. The molecular weight excluding hydrogens is 883 g/mol. The maximum Gasteiger partial charge on any atom is 0.306 e. The number of hydrogen-bond acceptors (Lipinski definition) is 17. The number of carbonyl (C=O) groups is 5. The van der Waals surface area contributed by atoms with E-state index in [0.29, 0.717) is 26.1 Å². The van der Waals surface area contributed by atoms with Crippen LogP contribution in [-0.4, -0.2) is 177 Å². The third-order valence-electron chi connectivity index (χ3n) is 13.4. The average molecular weight is 964 g/mol. The molecule has 0 aliphatic carbocycles. The van der Waals surface area contributed by atoms with Crippen molar-refractivity contribution < 1.29 is 72.1 Å². The van der Waals surface area contributed by atoms with Crippen LogP contribution in [0.2, 0.25) is 0 Å². The molecule has 3 aliphatic heterocycles. The maximum absolute atomic E-state index is 13.7. The molecule has 3 N–H and O–H groups in total. The van der Waals surface area contributed by atoms with Crippen LogP contribution in [-0.2, 0) is 68.3 Å². The Morgan fingerprint density at radius 3 is 2.28 bits per heavy atom. The first-order valence-corrected chi connectivity index (χ1v) is 24.6. The Morgan fingerprint density at radius 1 is 0.956 bits per heavy atom. The van der Waals surface area contributed by atoms with Crippen LogP contribution in [0.1, 0.15) is 112 Å². The van der Waals surface area contributed by atoms with Crippen LogP contribution >= 0.6 is 0 Å². The molecule has 0 aromatic heterocycles. The van der Waals surface area contributed by atoms with E-state index in [1.54, 1.807) is 53.6 Å². The van der Waals surface area contributed by atoms with Crippen molar-refractivity contribution >= 4 is 30.1 Å². The molecule has 68 heavy (non-hydrogen) atoms. The van der Waals surface area contributed by atoms with E-state index in [-0.39, 0.29) is 50.4 Å². The van der Waals surface area contributed by atoms with E-state index < -0.39 is 103 Å². The Bertz CT molecular complexity index is 1720. The smallest absolute Gasteiger partial charge is 0.306 e. The predicted molar refractivity (Wildman–Crippen MR) is 250 cm³/mol. The molecule has 0 bridgehead atoms. The number of β-amino-alcohol motifs (C(OH)–C–C–N with tert-alkyl or cyclic N) is 1.